The number of fused-ring (bicyclic) bond motifs is 1. The summed E-state index contributed by atoms with van der Waals surface area (Å²) in [4.78, 5) is 4.40. The van der Waals surface area contributed by atoms with Crippen LogP contribution in [0.3, 0.4) is 0 Å². The predicted molar refractivity (Wildman–Crippen MR) is 92.1 cm³/mol. The number of nitrogens with one attached hydrogen (secondary N) is 1. The highest BCUT2D eigenvalue weighted by Crippen LogP contribution is 2.20. The second-order valence-electron chi connectivity index (χ2n) is 5.48. The molecule has 5 heteroatoms. The van der Waals surface area contributed by atoms with Crippen molar-refractivity contribution in [3.05, 3.63) is 84.3 Å². The van der Waals surface area contributed by atoms with E-state index in [-0.39, 0.29) is 5.82 Å². The maximum atomic E-state index is 13.0. The Morgan fingerprint density at radius 1 is 0.917 bits per heavy atom. The topological polar surface area (TPSA) is 42.2 Å². The minimum absolute atomic E-state index is 0.232. The molecule has 1 N–H and O–H groups in total. The average molecular weight is 318 g/mol. The Morgan fingerprint density at radius 2 is 1.71 bits per heavy atom. The second kappa shape index (κ2) is 6.12. The van der Waals surface area contributed by atoms with Gasteiger partial charge in [0, 0.05) is 12.1 Å². The molecule has 24 heavy (non-hydrogen) atoms. The van der Waals surface area contributed by atoms with Gasteiger partial charge in [0.2, 0.25) is 0 Å². The molecule has 0 bridgehead atoms. The van der Waals surface area contributed by atoms with Gasteiger partial charge < -0.3 is 5.32 Å². The van der Waals surface area contributed by atoms with Crippen LogP contribution < -0.4 is 5.32 Å². The number of nitrogens with zero attached hydrogens (tertiary/aromatic N) is 3. The molecular formula is C19H15FN4. The maximum absolute atomic E-state index is 13.0. The summed E-state index contributed by atoms with van der Waals surface area (Å²) in [6.07, 6.45) is 1.82. The fourth-order valence-electron chi connectivity index (χ4n) is 2.57. The van der Waals surface area contributed by atoms with Crippen molar-refractivity contribution in [1.29, 1.82) is 0 Å². The van der Waals surface area contributed by atoms with Crippen LogP contribution in [0.25, 0.3) is 16.9 Å². The molecule has 4 aromatic rings. The van der Waals surface area contributed by atoms with E-state index in [9.17, 15) is 4.39 Å². The lowest BCUT2D eigenvalue weighted by Gasteiger charge is -2.07. The van der Waals surface area contributed by atoms with Crippen molar-refractivity contribution >= 4 is 11.5 Å². The molecule has 0 aliphatic rings. The first kappa shape index (κ1) is 14.4. The Bertz CT molecular complexity index is 962. The molecule has 4 nitrogen and oxygen atoms in total. The summed E-state index contributed by atoms with van der Waals surface area (Å²) in [7, 11) is 0. The second-order valence-corrected chi connectivity index (χ2v) is 5.48. The summed E-state index contributed by atoms with van der Waals surface area (Å²) in [6, 6.07) is 20.3. The number of hydrogen-bond donors (Lipinski definition) is 1. The minimum atomic E-state index is -0.232. The van der Waals surface area contributed by atoms with Crippen molar-refractivity contribution in [3.63, 3.8) is 0 Å². The molecule has 0 aliphatic heterocycles. The fraction of sp³-hybridized carbons (Fsp3) is 0.0526. The molecule has 0 fully saturated rings. The number of hydrogen-bond acceptors (Lipinski definition) is 3. The van der Waals surface area contributed by atoms with Gasteiger partial charge in [-0.3, -0.25) is 0 Å². The van der Waals surface area contributed by atoms with Gasteiger partial charge in [-0.25, -0.2) is 13.9 Å². The normalized spacial score (nSPS) is 10.9. The maximum Gasteiger partial charge on any atom is 0.154 e. The monoisotopic (exact) mass is 318 g/mol. The number of rotatable bonds is 4. The molecule has 0 unspecified atom stereocenters. The minimum Gasteiger partial charge on any atom is -0.365 e. The molecule has 2 aromatic carbocycles. The third kappa shape index (κ3) is 2.84. The molecule has 2 heterocycles. The van der Waals surface area contributed by atoms with E-state index in [0.29, 0.717) is 6.54 Å². The zero-order valence-electron chi connectivity index (χ0n) is 12.9. The Kier molecular flexibility index (Phi) is 3.67. The van der Waals surface area contributed by atoms with Crippen molar-refractivity contribution in [2.45, 2.75) is 6.54 Å². The van der Waals surface area contributed by atoms with Crippen LogP contribution >= 0.6 is 0 Å². The summed E-state index contributed by atoms with van der Waals surface area (Å²) in [5, 5.41) is 7.87. The molecule has 118 valence electrons. The van der Waals surface area contributed by atoms with Crippen LogP contribution in [0.2, 0.25) is 0 Å². The number of aromatic nitrogens is 3. The first-order valence-corrected chi connectivity index (χ1v) is 7.68. The third-order valence-corrected chi connectivity index (χ3v) is 3.82. The van der Waals surface area contributed by atoms with Gasteiger partial charge in [-0.05, 0) is 29.8 Å². The number of anilines is 1. The van der Waals surface area contributed by atoms with Gasteiger partial charge in [0.15, 0.2) is 5.65 Å². The van der Waals surface area contributed by atoms with Gasteiger partial charge in [0.25, 0.3) is 0 Å². The average Bonchev–Trinajstić information content (AvgIpc) is 3.05. The molecule has 0 atom stereocenters. The van der Waals surface area contributed by atoms with E-state index in [1.54, 1.807) is 12.1 Å². The van der Waals surface area contributed by atoms with Crippen molar-refractivity contribution in [2.24, 2.45) is 0 Å². The molecular weight excluding hydrogens is 303 g/mol. The van der Waals surface area contributed by atoms with E-state index < -0.39 is 0 Å². The van der Waals surface area contributed by atoms with Crippen LogP contribution in [-0.2, 0) is 6.54 Å². The van der Waals surface area contributed by atoms with Crippen molar-refractivity contribution < 1.29 is 4.39 Å². The Hall–Kier alpha value is -3.21. The van der Waals surface area contributed by atoms with Crippen LogP contribution in [0.1, 0.15) is 5.56 Å². The quantitative estimate of drug-likeness (QED) is 0.615. The van der Waals surface area contributed by atoms with Crippen LogP contribution in [-0.4, -0.2) is 14.6 Å². The molecule has 4 rings (SSSR count). The Morgan fingerprint density at radius 3 is 2.50 bits per heavy atom. The van der Waals surface area contributed by atoms with Gasteiger partial charge in [-0.1, -0.05) is 42.5 Å². The number of halogens is 1. The summed E-state index contributed by atoms with van der Waals surface area (Å²) in [5.41, 5.74) is 3.79. The van der Waals surface area contributed by atoms with E-state index >= 15 is 0 Å². The number of benzene rings is 2. The molecule has 2 aromatic heterocycles. The lowest BCUT2D eigenvalue weighted by atomic mass is 10.2. The summed E-state index contributed by atoms with van der Waals surface area (Å²) in [5.74, 6) is 0.506. The molecule has 0 saturated carbocycles. The van der Waals surface area contributed by atoms with Crippen molar-refractivity contribution in [1.82, 2.24) is 14.6 Å². The molecule has 0 aliphatic carbocycles. The highest BCUT2D eigenvalue weighted by molar-refractivity contribution is 5.63. The zero-order valence-corrected chi connectivity index (χ0v) is 12.9. The van der Waals surface area contributed by atoms with E-state index in [4.69, 9.17) is 0 Å². The van der Waals surface area contributed by atoms with Crippen molar-refractivity contribution in [2.75, 3.05) is 5.32 Å². The molecule has 0 saturated heterocycles. The summed E-state index contributed by atoms with van der Waals surface area (Å²) >= 11 is 0. The van der Waals surface area contributed by atoms with Crippen LogP contribution in [0.4, 0.5) is 10.2 Å². The first-order valence-electron chi connectivity index (χ1n) is 7.68. The van der Waals surface area contributed by atoms with Crippen LogP contribution in [0.15, 0.2) is 72.9 Å². The molecule has 0 amide bonds. The Balaban J connectivity index is 1.61. The zero-order chi connectivity index (χ0) is 16.4. The van der Waals surface area contributed by atoms with Gasteiger partial charge in [0.05, 0.1) is 11.9 Å². The standard InChI is InChI=1S/C19H15FN4/c20-16-8-6-14(7-9-16)12-21-18-10-11-19-22-13-17(24(19)23-18)15-4-2-1-3-5-15/h1-11,13H,12H2,(H,21,23). The lowest BCUT2D eigenvalue weighted by Crippen LogP contribution is -2.04. The van der Waals surface area contributed by atoms with Gasteiger partial charge in [0.1, 0.15) is 11.6 Å². The third-order valence-electron chi connectivity index (χ3n) is 3.82. The van der Waals surface area contributed by atoms with Crippen LogP contribution in [0, 0.1) is 5.82 Å². The molecule has 0 spiro atoms. The van der Waals surface area contributed by atoms with Crippen LogP contribution in [0.5, 0.6) is 0 Å². The lowest BCUT2D eigenvalue weighted by molar-refractivity contribution is 0.627. The number of imidazole rings is 1. The Labute approximate surface area is 138 Å². The van der Waals surface area contributed by atoms with Gasteiger partial charge in [-0.2, -0.15) is 0 Å². The van der Waals surface area contributed by atoms with Gasteiger partial charge in [-0.15, -0.1) is 5.10 Å². The van der Waals surface area contributed by atoms with Crippen molar-refractivity contribution in [3.8, 4) is 11.3 Å². The predicted octanol–water partition coefficient (Wildman–Crippen LogP) is 4.15. The summed E-state index contributed by atoms with van der Waals surface area (Å²) in [6.45, 7) is 0.578. The SMILES string of the molecule is Fc1ccc(CNc2ccc3ncc(-c4ccccc4)n3n2)cc1. The van der Waals surface area contributed by atoms with E-state index in [1.807, 2.05) is 53.2 Å². The van der Waals surface area contributed by atoms with E-state index in [0.717, 1.165) is 28.3 Å². The van der Waals surface area contributed by atoms with Gasteiger partial charge >= 0.3 is 0 Å². The van der Waals surface area contributed by atoms with E-state index in [1.165, 1.54) is 12.1 Å². The van der Waals surface area contributed by atoms with E-state index in [2.05, 4.69) is 15.4 Å². The molecule has 0 radical (unpaired) electrons. The highest BCUT2D eigenvalue weighted by Gasteiger charge is 2.07. The smallest absolute Gasteiger partial charge is 0.154 e. The first-order chi connectivity index (χ1) is 11.8. The highest BCUT2D eigenvalue weighted by atomic mass is 19.1. The fourth-order valence-corrected chi connectivity index (χ4v) is 2.57. The summed E-state index contributed by atoms with van der Waals surface area (Å²) < 4.78 is 14.8. The largest absolute Gasteiger partial charge is 0.365 e.